The number of urea groups is 1. The number of carbonyl (C=O) groups excluding carboxylic acids is 1. The summed E-state index contributed by atoms with van der Waals surface area (Å²) >= 11 is 6.31. The van der Waals surface area contributed by atoms with Crippen molar-refractivity contribution in [3.05, 3.63) is 74.8 Å². The molecule has 0 saturated carbocycles. The molecule has 0 radical (unpaired) electrons. The summed E-state index contributed by atoms with van der Waals surface area (Å²) in [5.41, 5.74) is 6.58. The Labute approximate surface area is 249 Å². The van der Waals surface area contributed by atoms with Crippen LogP contribution in [0.5, 0.6) is 0 Å². The van der Waals surface area contributed by atoms with Crippen LogP contribution in [-0.2, 0) is 19.5 Å². The van der Waals surface area contributed by atoms with Gasteiger partial charge in [0.05, 0.1) is 35.9 Å². The van der Waals surface area contributed by atoms with E-state index >= 15 is 0 Å². The van der Waals surface area contributed by atoms with Gasteiger partial charge in [0.15, 0.2) is 0 Å². The Balaban J connectivity index is 1.16. The van der Waals surface area contributed by atoms with E-state index in [1.165, 1.54) is 0 Å². The van der Waals surface area contributed by atoms with Gasteiger partial charge in [0.25, 0.3) is 0 Å². The van der Waals surface area contributed by atoms with Crippen molar-refractivity contribution in [3.8, 4) is 11.3 Å². The van der Waals surface area contributed by atoms with Crippen LogP contribution < -0.4 is 11.0 Å². The summed E-state index contributed by atoms with van der Waals surface area (Å²) in [5, 5.41) is 19.8. The van der Waals surface area contributed by atoms with E-state index in [0.717, 1.165) is 65.0 Å². The first kappa shape index (κ1) is 28.5. The van der Waals surface area contributed by atoms with Crippen LogP contribution in [0, 0.1) is 6.92 Å². The van der Waals surface area contributed by atoms with Crippen LogP contribution in [0.15, 0.2) is 47.3 Å². The average Bonchev–Trinajstić information content (AvgIpc) is 3.51. The van der Waals surface area contributed by atoms with E-state index in [2.05, 4.69) is 15.2 Å². The summed E-state index contributed by atoms with van der Waals surface area (Å²) in [7, 11) is 0. The highest BCUT2D eigenvalue weighted by molar-refractivity contribution is 6.31. The molecule has 2 amide bonds. The molecule has 6 rings (SSSR count). The van der Waals surface area contributed by atoms with Crippen molar-refractivity contribution in [3.63, 3.8) is 0 Å². The minimum atomic E-state index is -0.609. The number of aromatic nitrogens is 4. The largest absolute Gasteiger partial charge is 0.390 e. The van der Waals surface area contributed by atoms with E-state index in [0.29, 0.717) is 44.2 Å². The number of aliphatic hydroxyl groups excluding tert-OH is 1. The van der Waals surface area contributed by atoms with Crippen molar-refractivity contribution < 1.29 is 9.90 Å². The summed E-state index contributed by atoms with van der Waals surface area (Å²) < 4.78 is 3.83. The molecule has 0 spiro atoms. The summed E-state index contributed by atoms with van der Waals surface area (Å²) in [5.74, 6) is 0. The number of carbonyl (C=O) groups is 1. The molecular formula is C31H38ClN7O3. The lowest BCUT2D eigenvalue weighted by Crippen LogP contribution is -2.43. The third kappa shape index (κ3) is 5.58. The van der Waals surface area contributed by atoms with Crippen molar-refractivity contribution in [2.45, 2.75) is 58.3 Å². The van der Waals surface area contributed by atoms with E-state index in [4.69, 9.17) is 16.7 Å². The Kier molecular flexibility index (Phi) is 8.11. The van der Waals surface area contributed by atoms with Crippen molar-refractivity contribution in [1.29, 1.82) is 0 Å². The second-order valence-electron chi connectivity index (χ2n) is 11.4. The maximum absolute atomic E-state index is 12.7. The van der Waals surface area contributed by atoms with E-state index in [9.17, 15) is 14.7 Å². The number of benzene rings is 2. The highest BCUT2D eigenvalue weighted by Gasteiger charge is 2.30. The number of amides is 2. The minimum absolute atomic E-state index is 0.0597. The Bertz CT molecular complexity index is 1650. The Morgan fingerprint density at radius 2 is 1.95 bits per heavy atom. The third-order valence-corrected chi connectivity index (χ3v) is 9.00. The number of aliphatic hydroxyl groups is 1. The van der Waals surface area contributed by atoms with Gasteiger partial charge in [-0.3, -0.25) is 9.25 Å². The van der Waals surface area contributed by atoms with Gasteiger partial charge in [-0.15, -0.1) is 0 Å². The Morgan fingerprint density at radius 3 is 2.71 bits per heavy atom. The van der Waals surface area contributed by atoms with Crippen LogP contribution in [0.1, 0.15) is 42.6 Å². The number of piperidine rings is 1. The predicted molar refractivity (Wildman–Crippen MR) is 164 cm³/mol. The number of imidazole rings is 1. The Hall–Kier alpha value is -3.60. The predicted octanol–water partition coefficient (Wildman–Crippen LogP) is 3.94. The SMILES string of the molecule is CCNC(=O)N1CCc2c(c(-c3ccc(Cl)c(C)c3)nn2CC(O)CN2CCC(n3c(=O)[nH]c4ccccc43)CC2)C1. The molecule has 4 heterocycles. The van der Waals surface area contributed by atoms with Crippen molar-refractivity contribution >= 4 is 28.7 Å². The summed E-state index contributed by atoms with van der Waals surface area (Å²) in [6.07, 6.45) is 1.76. The zero-order valence-corrected chi connectivity index (χ0v) is 24.9. The number of nitrogens with zero attached hydrogens (tertiary/aromatic N) is 5. The second kappa shape index (κ2) is 11.9. The highest BCUT2D eigenvalue weighted by Crippen LogP contribution is 2.32. The molecule has 1 fully saturated rings. The molecular weight excluding hydrogens is 554 g/mol. The van der Waals surface area contributed by atoms with Crippen molar-refractivity contribution in [2.75, 3.05) is 32.7 Å². The topological polar surface area (TPSA) is 111 Å². The molecule has 2 aliphatic rings. The van der Waals surface area contributed by atoms with Crippen LogP contribution in [0.3, 0.4) is 0 Å². The molecule has 0 bridgehead atoms. The van der Waals surface area contributed by atoms with Crippen LogP contribution >= 0.6 is 11.6 Å². The maximum atomic E-state index is 12.7. The van der Waals surface area contributed by atoms with Gasteiger partial charge in [-0.25, -0.2) is 9.59 Å². The number of nitrogens with one attached hydrogen (secondary N) is 2. The molecule has 1 atom stereocenters. The lowest BCUT2D eigenvalue weighted by atomic mass is 10.00. The van der Waals surface area contributed by atoms with E-state index in [1.807, 2.05) is 70.5 Å². The first-order valence-corrected chi connectivity index (χ1v) is 15.2. The normalized spacial score (nSPS) is 17.0. The zero-order chi connectivity index (χ0) is 29.4. The standard InChI is InChI=1S/C31H38ClN7O3/c1-3-33-30(41)37-15-12-27-24(19-37)29(21-8-9-25(32)20(2)16-21)35-38(27)18-23(40)17-36-13-10-22(11-14-36)39-28-7-5-4-6-26(28)34-31(39)42/h4-9,16,22-23,40H,3,10-15,17-19H2,1-2H3,(H,33,41)(H,34,42). The number of likely N-dealkylation sites (tertiary alicyclic amines) is 1. The van der Waals surface area contributed by atoms with Crippen LogP contribution in [0.2, 0.25) is 5.02 Å². The van der Waals surface area contributed by atoms with Gasteiger partial charge in [-0.2, -0.15) is 5.10 Å². The lowest BCUT2D eigenvalue weighted by Gasteiger charge is -2.33. The fourth-order valence-corrected chi connectivity index (χ4v) is 6.57. The number of para-hydroxylation sites is 2. The molecule has 4 aromatic rings. The lowest BCUT2D eigenvalue weighted by molar-refractivity contribution is 0.0762. The summed E-state index contributed by atoms with van der Waals surface area (Å²) in [4.78, 5) is 32.4. The Morgan fingerprint density at radius 1 is 1.17 bits per heavy atom. The van der Waals surface area contributed by atoms with Crippen molar-refractivity contribution in [2.24, 2.45) is 0 Å². The summed E-state index contributed by atoms with van der Waals surface area (Å²) in [6.45, 7) is 8.05. The van der Waals surface area contributed by atoms with Crippen LogP contribution in [0.4, 0.5) is 4.79 Å². The second-order valence-corrected chi connectivity index (χ2v) is 11.8. The number of fused-ring (bicyclic) bond motifs is 2. The van der Waals surface area contributed by atoms with Crippen LogP contribution in [0.25, 0.3) is 22.3 Å². The van der Waals surface area contributed by atoms with Gasteiger partial charge in [0.1, 0.15) is 0 Å². The van der Waals surface area contributed by atoms with Gasteiger partial charge in [-0.05, 0) is 56.5 Å². The number of β-amino-alcohol motifs (C(OH)–C–C–N with tert-alkyl or cyclic N) is 1. The molecule has 2 aromatic carbocycles. The first-order valence-electron chi connectivity index (χ1n) is 14.8. The number of hydrogen-bond acceptors (Lipinski definition) is 5. The third-order valence-electron chi connectivity index (χ3n) is 8.58. The molecule has 0 aliphatic carbocycles. The van der Waals surface area contributed by atoms with E-state index < -0.39 is 6.10 Å². The number of H-pyrrole nitrogens is 1. The molecule has 222 valence electrons. The molecule has 3 N–H and O–H groups in total. The fraction of sp³-hybridized carbons (Fsp3) is 0.452. The molecule has 1 saturated heterocycles. The average molecular weight is 592 g/mol. The highest BCUT2D eigenvalue weighted by atomic mass is 35.5. The van der Waals surface area contributed by atoms with E-state index in [-0.39, 0.29) is 17.8 Å². The van der Waals surface area contributed by atoms with Gasteiger partial charge < -0.3 is 25.2 Å². The van der Waals surface area contributed by atoms with Gasteiger partial charge in [0, 0.05) is 67.0 Å². The van der Waals surface area contributed by atoms with Gasteiger partial charge in [0.2, 0.25) is 0 Å². The maximum Gasteiger partial charge on any atom is 0.326 e. The van der Waals surface area contributed by atoms with E-state index in [1.54, 1.807) is 0 Å². The molecule has 42 heavy (non-hydrogen) atoms. The smallest absolute Gasteiger partial charge is 0.326 e. The van der Waals surface area contributed by atoms with Crippen LogP contribution in [-0.4, -0.2) is 79.1 Å². The summed E-state index contributed by atoms with van der Waals surface area (Å²) in [6, 6.07) is 13.8. The number of hydrogen-bond donors (Lipinski definition) is 3. The van der Waals surface area contributed by atoms with Gasteiger partial charge in [-0.1, -0.05) is 29.8 Å². The molecule has 11 heteroatoms. The molecule has 10 nitrogen and oxygen atoms in total. The molecule has 1 unspecified atom stereocenters. The number of halogens is 1. The van der Waals surface area contributed by atoms with Crippen molar-refractivity contribution in [1.82, 2.24) is 34.4 Å². The molecule has 2 aromatic heterocycles. The first-order chi connectivity index (χ1) is 20.3. The monoisotopic (exact) mass is 591 g/mol. The number of aromatic amines is 1. The quantitative estimate of drug-likeness (QED) is 0.301. The molecule has 2 aliphatic heterocycles. The number of rotatable bonds is 7. The minimum Gasteiger partial charge on any atom is -0.390 e. The fourth-order valence-electron chi connectivity index (χ4n) is 6.45. The zero-order valence-electron chi connectivity index (χ0n) is 24.1. The van der Waals surface area contributed by atoms with Gasteiger partial charge >= 0.3 is 11.7 Å². The number of aryl methyl sites for hydroxylation is 1.